The highest BCUT2D eigenvalue weighted by Gasteiger charge is 2.17. The zero-order valence-electron chi connectivity index (χ0n) is 13.5. The molecule has 1 heterocycles. The number of sulfonamides is 1. The van der Waals surface area contributed by atoms with Crippen LogP contribution in [0, 0.1) is 0 Å². The molecule has 0 spiro atoms. The summed E-state index contributed by atoms with van der Waals surface area (Å²) < 4.78 is 27.9. The average molecular weight is 393 g/mol. The fraction of sp³-hybridized carbons (Fsp3) is 0.111. The normalized spacial score (nSPS) is 11.3. The van der Waals surface area contributed by atoms with Gasteiger partial charge in [0, 0.05) is 23.6 Å². The van der Waals surface area contributed by atoms with Crippen molar-refractivity contribution in [1.29, 1.82) is 0 Å². The van der Waals surface area contributed by atoms with Crippen molar-refractivity contribution < 1.29 is 8.42 Å². The number of hydrogen-bond donors (Lipinski definition) is 1. The van der Waals surface area contributed by atoms with E-state index in [2.05, 4.69) is 16.5 Å². The van der Waals surface area contributed by atoms with Crippen molar-refractivity contribution in [2.45, 2.75) is 11.1 Å². The van der Waals surface area contributed by atoms with Gasteiger partial charge in [-0.2, -0.15) is 0 Å². The molecule has 7 heteroatoms. The number of anilines is 3. The van der Waals surface area contributed by atoms with Crippen molar-refractivity contribution in [3.8, 4) is 0 Å². The molecule has 0 radical (unpaired) electrons. The number of thiophene rings is 1. The maximum atomic E-state index is 12.3. The fourth-order valence-electron chi connectivity index (χ4n) is 2.48. The first kappa shape index (κ1) is 17.8. The minimum Gasteiger partial charge on any atom is -0.342 e. The Morgan fingerprint density at radius 1 is 0.960 bits per heavy atom. The summed E-state index contributed by atoms with van der Waals surface area (Å²) in [4.78, 5) is 2.15. The summed E-state index contributed by atoms with van der Waals surface area (Å²) in [7, 11) is -3.61. The molecular formula is C18H17ClN2O2S2. The standard InChI is InChI=1S/C18H17ClN2O2S2/c1-2-21(15-6-4-3-5-7-15)16-10-8-14(9-11-16)20-25(22,23)18-13-12-17(19)24-18/h3-13,20H,2H2,1H3. The largest absolute Gasteiger partial charge is 0.342 e. The predicted molar refractivity (Wildman–Crippen MR) is 106 cm³/mol. The molecular weight excluding hydrogens is 376 g/mol. The Labute approximate surface area is 156 Å². The van der Waals surface area contributed by atoms with Crippen LogP contribution in [-0.2, 0) is 10.0 Å². The van der Waals surface area contributed by atoms with Crippen molar-refractivity contribution in [3.05, 3.63) is 71.1 Å². The highest BCUT2D eigenvalue weighted by Crippen LogP contribution is 2.29. The number of nitrogens with zero attached hydrogens (tertiary/aromatic N) is 1. The minimum atomic E-state index is -3.61. The summed E-state index contributed by atoms with van der Waals surface area (Å²) in [5.41, 5.74) is 2.60. The zero-order valence-corrected chi connectivity index (χ0v) is 15.9. The van der Waals surface area contributed by atoms with Crippen LogP contribution < -0.4 is 9.62 Å². The summed E-state index contributed by atoms with van der Waals surface area (Å²) in [6, 6.07) is 20.4. The Hall–Kier alpha value is -2.02. The smallest absolute Gasteiger partial charge is 0.271 e. The molecule has 0 aliphatic heterocycles. The number of halogens is 1. The van der Waals surface area contributed by atoms with Gasteiger partial charge in [-0.05, 0) is 55.5 Å². The fourth-order valence-corrected chi connectivity index (χ4v) is 5.02. The monoisotopic (exact) mass is 392 g/mol. The van der Waals surface area contributed by atoms with Crippen LogP contribution in [0.25, 0.3) is 0 Å². The van der Waals surface area contributed by atoms with Crippen LogP contribution in [0.1, 0.15) is 6.92 Å². The minimum absolute atomic E-state index is 0.195. The van der Waals surface area contributed by atoms with E-state index in [0.29, 0.717) is 10.0 Å². The Morgan fingerprint density at radius 2 is 1.60 bits per heavy atom. The molecule has 0 unspecified atom stereocenters. The predicted octanol–water partition coefficient (Wildman–Crippen LogP) is 5.36. The Bertz CT molecular complexity index is 939. The van der Waals surface area contributed by atoms with E-state index in [4.69, 9.17) is 11.6 Å². The quantitative estimate of drug-likeness (QED) is 0.614. The molecule has 1 aromatic heterocycles. The molecule has 3 rings (SSSR count). The van der Waals surface area contributed by atoms with Crippen LogP contribution in [0.4, 0.5) is 17.1 Å². The van der Waals surface area contributed by atoms with Gasteiger partial charge in [0.05, 0.1) is 4.34 Å². The summed E-state index contributed by atoms with van der Waals surface area (Å²) in [6.45, 7) is 2.88. The van der Waals surface area contributed by atoms with Gasteiger partial charge in [-0.3, -0.25) is 4.72 Å². The molecule has 0 saturated carbocycles. The summed E-state index contributed by atoms with van der Waals surface area (Å²) in [5, 5.41) is 0. The van der Waals surface area contributed by atoms with Gasteiger partial charge in [-0.15, -0.1) is 11.3 Å². The van der Waals surface area contributed by atoms with E-state index in [-0.39, 0.29) is 4.21 Å². The highest BCUT2D eigenvalue weighted by molar-refractivity contribution is 7.94. The van der Waals surface area contributed by atoms with Gasteiger partial charge in [0.25, 0.3) is 10.0 Å². The third kappa shape index (κ3) is 4.15. The molecule has 0 atom stereocenters. The summed E-state index contributed by atoms with van der Waals surface area (Å²) in [5.74, 6) is 0. The van der Waals surface area contributed by atoms with E-state index in [9.17, 15) is 8.42 Å². The van der Waals surface area contributed by atoms with Crippen molar-refractivity contribution in [2.24, 2.45) is 0 Å². The summed E-state index contributed by atoms with van der Waals surface area (Å²) in [6.07, 6.45) is 0. The van der Waals surface area contributed by atoms with Gasteiger partial charge >= 0.3 is 0 Å². The molecule has 1 N–H and O–H groups in total. The van der Waals surface area contributed by atoms with E-state index in [0.717, 1.165) is 29.3 Å². The van der Waals surface area contributed by atoms with Gasteiger partial charge in [0.15, 0.2) is 0 Å². The van der Waals surface area contributed by atoms with E-state index in [1.54, 1.807) is 18.2 Å². The van der Waals surface area contributed by atoms with Crippen LogP contribution in [0.3, 0.4) is 0 Å². The first-order valence-corrected chi connectivity index (χ1v) is 10.4. The van der Waals surface area contributed by atoms with Gasteiger partial charge in [0.1, 0.15) is 4.21 Å². The SMILES string of the molecule is CCN(c1ccccc1)c1ccc(NS(=O)(=O)c2ccc(Cl)s2)cc1. The van der Waals surface area contributed by atoms with Crippen LogP contribution in [0.2, 0.25) is 4.34 Å². The maximum absolute atomic E-state index is 12.3. The highest BCUT2D eigenvalue weighted by atomic mass is 35.5. The lowest BCUT2D eigenvalue weighted by atomic mass is 10.2. The molecule has 0 aliphatic rings. The average Bonchev–Trinajstić information content (AvgIpc) is 3.05. The van der Waals surface area contributed by atoms with Crippen LogP contribution in [0.5, 0.6) is 0 Å². The van der Waals surface area contributed by atoms with Crippen LogP contribution in [-0.4, -0.2) is 15.0 Å². The molecule has 2 aromatic carbocycles. The van der Waals surface area contributed by atoms with Gasteiger partial charge in [0.2, 0.25) is 0 Å². The number of benzene rings is 2. The van der Waals surface area contributed by atoms with Crippen molar-refractivity contribution in [3.63, 3.8) is 0 Å². The second-order valence-corrected chi connectivity index (χ2v) is 8.92. The molecule has 0 saturated heterocycles. The van der Waals surface area contributed by atoms with Crippen molar-refractivity contribution in [2.75, 3.05) is 16.2 Å². The van der Waals surface area contributed by atoms with Gasteiger partial charge in [-0.1, -0.05) is 29.8 Å². The number of hydrogen-bond acceptors (Lipinski definition) is 4. The first-order chi connectivity index (χ1) is 12.0. The van der Waals surface area contributed by atoms with E-state index in [1.165, 1.54) is 6.07 Å². The second kappa shape index (κ2) is 7.47. The second-order valence-electron chi connectivity index (χ2n) is 5.29. The lowest BCUT2D eigenvalue weighted by molar-refractivity contribution is 0.603. The molecule has 0 bridgehead atoms. The number of rotatable bonds is 6. The van der Waals surface area contributed by atoms with Gasteiger partial charge < -0.3 is 4.90 Å². The molecule has 3 aromatic rings. The molecule has 0 fully saturated rings. The van der Waals surface area contributed by atoms with Gasteiger partial charge in [-0.25, -0.2) is 8.42 Å². The Morgan fingerprint density at radius 3 is 2.16 bits per heavy atom. The Kier molecular flexibility index (Phi) is 5.32. The first-order valence-electron chi connectivity index (χ1n) is 7.70. The lowest BCUT2D eigenvalue weighted by Gasteiger charge is -2.23. The van der Waals surface area contributed by atoms with Crippen LogP contribution in [0.15, 0.2) is 70.9 Å². The maximum Gasteiger partial charge on any atom is 0.271 e. The molecule has 0 aliphatic carbocycles. The topological polar surface area (TPSA) is 49.4 Å². The zero-order chi connectivity index (χ0) is 17.9. The summed E-state index contributed by atoms with van der Waals surface area (Å²) >= 11 is 6.85. The van der Waals surface area contributed by atoms with Crippen molar-refractivity contribution in [1.82, 2.24) is 0 Å². The molecule has 130 valence electrons. The molecule has 0 amide bonds. The lowest BCUT2D eigenvalue weighted by Crippen LogP contribution is -2.16. The third-order valence-electron chi connectivity index (χ3n) is 3.63. The van der Waals surface area contributed by atoms with E-state index < -0.39 is 10.0 Å². The van der Waals surface area contributed by atoms with E-state index >= 15 is 0 Å². The molecule has 25 heavy (non-hydrogen) atoms. The third-order valence-corrected chi connectivity index (χ3v) is 6.73. The van der Waals surface area contributed by atoms with Crippen molar-refractivity contribution >= 4 is 50.0 Å². The van der Waals surface area contributed by atoms with E-state index in [1.807, 2.05) is 42.5 Å². The molecule has 4 nitrogen and oxygen atoms in total. The number of nitrogens with one attached hydrogen (secondary N) is 1. The number of para-hydroxylation sites is 1. The Balaban J connectivity index is 1.80. The van der Waals surface area contributed by atoms with Crippen LogP contribution >= 0.6 is 22.9 Å².